The minimum Gasteiger partial charge on any atom is -0.370 e. The molecule has 0 unspecified atom stereocenters. The van der Waals surface area contributed by atoms with Crippen LogP contribution < -0.4 is 5.73 Å². The number of primary amides is 1. The zero-order valence-electron chi connectivity index (χ0n) is 13.5. The van der Waals surface area contributed by atoms with E-state index in [9.17, 15) is 4.79 Å². The molecule has 0 fully saturated rings. The van der Waals surface area contributed by atoms with Crippen molar-refractivity contribution in [1.82, 2.24) is 0 Å². The lowest BCUT2D eigenvalue weighted by atomic mass is 10.1. The molecule has 20 heavy (non-hydrogen) atoms. The number of hydrogen-bond donors (Lipinski definition) is 1. The van der Waals surface area contributed by atoms with Crippen LogP contribution in [-0.4, -0.2) is 5.91 Å². The molecule has 0 rings (SSSR count). The Hall–Kier alpha value is -0.790. The molecule has 0 bridgehead atoms. The molecule has 0 heterocycles. The maximum Gasteiger partial charge on any atom is 0.217 e. The van der Waals surface area contributed by atoms with Crippen LogP contribution in [0.15, 0.2) is 12.2 Å². The van der Waals surface area contributed by atoms with Gasteiger partial charge in [-0.3, -0.25) is 4.79 Å². The lowest BCUT2D eigenvalue weighted by Crippen LogP contribution is -2.09. The fraction of sp³-hybridized carbons (Fsp3) is 0.833. The molecule has 118 valence electrons. The van der Waals surface area contributed by atoms with Crippen molar-refractivity contribution >= 4 is 5.91 Å². The van der Waals surface area contributed by atoms with Gasteiger partial charge in [-0.1, -0.05) is 76.9 Å². The van der Waals surface area contributed by atoms with Crippen LogP contribution in [0.4, 0.5) is 0 Å². The Kier molecular flexibility index (Phi) is 15.6. The highest BCUT2D eigenvalue weighted by molar-refractivity contribution is 5.73. The van der Waals surface area contributed by atoms with Crippen molar-refractivity contribution in [2.24, 2.45) is 5.73 Å². The van der Waals surface area contributed by atoms with Crippen LogP contribution in [0.2, 0.25) is 0 Å². The van der Waals surface area contributed by atoms with Gasteiger partial charge in [0.05, 0.1) is 0 Å². The maximum atomic E-state index is 10.6. The van der Waals surface area contributed by atoms with E-state index >= 15 is 0 Å². The van der Waals surface area contributed by atoms with Gasteiger partial charge in [-0.05, 0) is 25.7 Å². The molecular formula is C18H35NO. The zero-order valence-corrected chi connectivity index (χ0v) is 13.5. The molecule has 0 aromatic heterocycles. The van der Waals surface area contributed by atoms with Gasteiger partial charge < -0.3 is 5.73 Å². The topological polar surface area (TPSA) is 43.1 Å². The average Bonchev–Trinajstić information content (AvgIpc) is 2.43. The Morgan fingerprint density at radius 1 is 0.750 bits per heavy atom. The lowest BCUT2D eigenvalue weighted by Gasteiger charge is -2.01. The maximum absolute atomic E-state index is 10.6. The summed E-state index contributed by atoms with van der Waals surface area (Å²) in [6.45, 7) is 2.24. The van der Waals surface area contributed by atoms with Gasteiger partial charge in [-0.25, -0.2) is 0 Å². The average molecular weight is 281 g/mol. The quantitative estimate of drug-likeness (QED) is 0.312. The Bertz CT molecular complexity index is 236. The summed E-state index contributed by atoms with van der Waals surface area (Å²) in [5.74, 6) is -0.159. The van der Waals surface area contributed by atoms with E-state index in [0.717, 1.165) is 12.8 Å². The van der Waals surface area contributed by atoms with E-state index in [0.29, 0.717) is 6.42 Å². The number of nitrogens with two attached hydrogens (primary N) is 1. The molecule has 0 spiro atoms. The molecule has 2 heteroatoms. The number of carbonyl (C=O) groups excluding carboxylic acids is 1. The molecule has 2 N–H and O–H groups in total. The molecular weight excluding hydrogens is 246 g/mol. The Labute approximate surface area is 126 Å². The van der Waals surface area contributed by atoms with Crippen molar-refractivity contribution < 1.29 is 4.79 Å². The van der Waals surface area contributed by atoms with Crippen LogP contribution in [0, 0.1) is 0 Å². The fourth-order valence-electron chi connectivity index (χ4n) is 2.36. The van der Waals surface area contributed by atoms with Gasteiger partial charge in [-0.15, -0.1) is 0 Å². The van der Waals surface area contributed by atoms with Crippen molar-refractivity contribution in [2.75, 3.05) is 0 Å². The van der Waals surface area contributed by atoms with Crippen LogP contribution in [0.1, 0.15) is 96.8 Å². The summed E-state index contributed by atoms with van der Waals surface area (Å²) in [5.41, 5.74) is 5.10. The van der Waals surface area contributed by atoms with Gasteiger partial charge >= 0.3 is 0 Å². The summed E-state index contributed by atoms with van der Waals surface area (Å²) < 4.78 is 0. The van der Waals surface area contributed by atoms with Crippen molar-refractivity contribution in [1.29, 1.82) is 0 Å². The largest absolute Gasteiger partial charge is 0.370 e. The second-order valence-electron chi connectivity index (χ2n) is 5.80. The summed E-state index contributed by atoms with van der Waals surface area (Å²) in [6.07, 6.45) is 21.9. The number of hydrogen-bond acceptors (Lipinski definition) is 1. The van der Waals surface area contributed by atoms with Gasteiger partial charge in [0, 0.05) is 6.42 Å². The van der Waals surface area contributed by atoms with Crippen LogP contribution in [0.3, 0.4) is 0 Å². The molecule has 0 saturated carbocycles. The van der Waals surface area contributed by atoms with Gasteiger partial charge in [0.1, 0.15) is 0 Å². The lowest BCUT2D eigenvalue weighted by molar-refractivity contribution is -0.118. The first-order valence-electron chi connectivity index (χ1n) is 8.70. The minimum atomic E-state index is -0.159. The van der Waals surface area contributed by atoms with Crippen molar-refractivity contribution in [3.63, 3.8) is 0 Å². The second kappa shape index (κ2) is 16.3. The first-order chi connectivity index (χ1) is 9.77. The third kappa shape index (κ3) is 17.2. The van der Waals surface area contributed by atoms with E-state index in [4.69, 9.17) is 5.73 Å². The second-order valence-corrected chi connectivity index (χ2v) is 5.80. The zero-order chi connectivity index (χ0) is 14.9. The van der Waals surface area contributed by atoms with E-state index in [1.165, 1.54) is 70.6 Å². The first-order valence-corrected chi connectivity index (χ1v) is 8.70. The standard InChI is InChI=1S/C18H35NO/c1-2-3-4-5-6-7-8-9-10-11-12-13-14-15-16-17-18(19)20/h5-6H,2-4,7-17H2,1H3,(H2,19,20)/b6-5+. The van der Waals surface area contributed by atoms with E-state index in [-0.39, 0.29) is 5.91 Å². The van der Waals surface area contributed by atoms with Gasteiger partial charge in [0.15, 0.2) is 0 Å². The summed E-state index contributed by atoms with van der Waals surface area (Å²) in [7, 11) is 0. The number of amides is 1. The minimum absolute atomic E-state index is 0.159. The molecule has 1 amide bonds. The van der Waals surface area contributed by atoms with E-state index in [1.54, 1.807) is 0 Å². The van der Waals surface area contributed by atoms with Gasteiger partial charge in [0.25, 0.3) is 0 Å². The Balaban J connectivity index is 3.02. The highest BCUT2D eigenvalue weighted by Crippen LogP contribution is 2.11. The predicted octanol–water partition coefficient (Wildman–Crippen LogP) is 5.51. The Morgan fingerprint density at radius 2 is 1.20 bits per heavy atom. The highest BCUT2D eigenvalue weighted by atomic mass is 16.1. The normalized spacial score (nSPS) is 11.2. The highest BCUT2D eigenvalue weighted by Gasteiger charge is 1.95. The summed E-state index contributed by atoms with van der Waals surface area (Å²) in [4.78, 5) is 10.6. The molecule has 0 aliphatic rings. The van der Waals surface area contributed by atoms with Crippen LogP contribution in [-0.2, 0) is 4.79 Å². The molecule has 0 radical (unpaired) electrons. The molecule has 0 aromatic carbocycles. The summed E-state index contributed by atoms with van der Waals surface area (Å²) >= 11 is 0. The fourth-order valence-corrected chi connectivity index (χ4v) is 2.36. The van der Waals surface area contributed by atoms with Gasteiger partial charge in [0.2, 0.25) is 5.91 Å². The third-order valence-corrected chi connectivity index (χ3v) is 3.68. The van der Waals surface area contributed by atoms with Crippen molar-refractivity contribution in [3.05, 3.63) is 12.2 Å². The van der Waals surface area contributed by atoms with Crippen LogP contribution in [0.5, 0.6) is 0 Å². The third-order valence-electron chi connectivity index (χ3n) is 3.68. The number of carbonyl (C=O) groups is 1. The molecule has 0 aliphatic carbocycles. The molecule has 2 nitrogen and oxygen atoms in total. The summed E-state index contributed by atoms with van der Waals surface area (Å²) in [6, 6.07) is 0. The molecule has 0 saturated heterocycles. The molecule has 0 atom stereocenters. The van der Waals surface area contributed by atoms with Crippen LogP contribution >= 0.6 is 0 Å². The van der Waals surface area contributed by atoms with E-state index < -0.39 is 0 Å². The first kappa shape index (κ1) is 19.2. The molecule has 0 aromatic rings. The van der Waals surface area contributed by atoms with E-state index in [2.05, 4.69) is 19.1 Å². The number of allylic oxidation sites excluding steroid dienone is 2. The Morgan fingerprint density at radius 3 is 1.70 bits per heavy atom. The number of rotatable bonds is 15. The molecule has 0 aliphatic heterocycles. The monoisotopic (exact) mass is 281 g/mol. The number of unbranched alkanes of at least 4 members (excludes halogenated alkanes) is 11. The van der Waals surface area contributed by atoms with Crippen molar-refractivity contribution in [3.8, 4) is 0 Å². The SMILES string of the molecule is CCCC/C=C/CCCCCCCCCCCC(N)=O. The van der Waals surface area contributed by atoms with Gasteiger partial charge in [-0.2, -0.15) is 0 Å². The smallest absolute Gasteiger partial charge is 0.217 e. The van der Waals surface area contributed by atoms with Crippen molar-refractivity contribution in [2.45, 2.75) is 96.8 Å². The predicted molar refractivity (Wildman–Crippen MR) is 88.6 cm³/mol. The summed E-state index contributed by atoms with van der Waals surface area (Å²) in [5, 5.41) is 0. The van der Waals surface area contributed by atoms with E-state index in [1.807, 2.05) is 0 Å². The van der Waals surface area contributed by atoms with Crippen LogP contribution in [0.25, 0.3) is 0 Å².